The second-order valence-corrected chi connectivity index (χ2v) is 4.86. The minimum Gasteiger partial charge on any atom is -0.326 e. The zero-order valence-electron chi connectivity index (χ0n) is 12.5. The Balaban J connectivity index is 2.15. The highest BCUT2D eigenvalue weighted by Crippen LogP contribution is 2.20. The minimum atomic E-state index is -0.132. The van der Waals surface area contributed by atoms with Crippen LogP contribution >= 0.6 is 0 Å². The third-order valence-corrected chi connectivity index (χ3v) is 3.41. The van der Waals surface area contributed by atoms with E-state index >= 15 is 0 Å². The third kappa shape index (κ3) is 3.61. The van der Waals surface area contributed by atoms with Crippen molar-refractivity contribution in [1.82, 2.24) is 0 Å². The average molecular weight is 283 g/mol. The standard InChI is InChI=1S/C17H21N3O/c1-3-20(16-7-5-4-6-13(16)2)17(21)19-15-10-8-14(12-18)9-11-15/h4-11H,3,12,18H2,1-2H3,(H,19,21). The van der Waals surface area contributed by atoms with Crippen LogP contribution in [-0.4, -0.2) is 12.6 Å². The number of urea groups is 1. The Morgan fingerprint density at radius 1 is 1.14 bits per heavy atom. The van der Waals surface area contributed by atoms with E-state index in [1.807, 2.05) is 62.4 Å². The second kappa shape index (κ2) is 6.90. The molecule has 0 radical (unpaired) electrons. The summed E-state index contributed by atoms with van der Waals surface area (Å²) in [7, 11) is 0. The van der Waals surface area contributed by atoms with Crippen molar-refractivity contribution in [2.45, 2.75) is 20.4 Å². The van der Waals surface area contributed by atoms with Gasteiger partial charge in [0.25, 0.3) is 0 Å². The summed E-state index contributed by atoms with van der Waals surface area (Å²) in [5.74, 6) is 0. The van der Waals surface area contributed by atoms with Gasteiger partial charge in [-0.1, -0.05) is 30.3 Å². The fourth-order valence-electron chi connectivity index (χ4n) is 2.20. The van der Waals surface area contributed by atoms with Gasteiger partial charge in [0.05, 0.1) is 0 Å². The molecule has 0 aromatic heterocycles. The Labute approximate surface area is 125 Å². The van der Waals surface area contributed by atoms with Crippen molar-refractivity contribution < 1.29 is 4.79 Å². The number of hydrogen-bond donors (Lipinski definition) is 2. The maximum atomic E-state index is 12.4. The number of hydrogen-bond acceptors (Lipinski definition) is 2. The van der Waals surface area contributed by atoms with Crippen LogP contribution in [0.25, 0.3) is 0 Å². The molecule has 0 aliphatic carbocycles. The van der Waals surface area contributed by atoms with Gasteiger partial charge in [-0.25, -0.2) is 4.79 Å². The van der Waals surface area contributed by atoms with Crippen molar-refractivity contribution in [2.75, 3.05) is 16.8 Å². The number of para-hydroxylation sites is 1. The quantitative estimate of drug-likeness (QED) is 0.902. The number of benzene rings is 2. The molecule has 0 bridgehead atoms. The van der Waals surface area contributed by atoms with Gasteiger partial charge in [0.2, 0.25) is 0 Å². The van der Waals surface area contributed by atoms with Gasteiger partial charge in [-0.15, -0.1) is 0 Å². The van der Waals surface area contributed by atoms with Crippen molar-refractivity contribution in [3.8, 4) is 0 Å². The molecule has 21 heavy (non-hydrogen) atoms. The molecule has 0 fully saturated rings. The van der Waals surface area contributed by atoms with E-state index in [9.17, 15) is 4.79 Å². The van der Waals surface area contributed by atoms with E-state index in [4.69, 9.17) is 5.73 Å². The van der Waals surface area contributed by atoms with E-state index in [0.29, 0.717) is 13.1 Å². The van der Waals surface area contributed by atoms with Crippen molar-refractivity contribution in [2.24, 2.45) is 5.73 Å². The first-order valence-corrected chi connectivity index (χ1v) is 7.09. The van der Waals surface area contributed by atoms with Gasteiger partial charge < -0.3 is 11.1 Å². The molecule has 2 rings (SSSR count). The summed E-state index contributed by atoms with van der Waals surface area (Å²) in [6, 6.07) is 15.3. The van der Waals surface area contributed by atoms with Crippen molar-refractivity contribution in [3.05, 3.63) is 59.7 Å². The number of aryl methyl sites for hydroxylation is 1. The van der Waals surface area contributed by atoms with Crippen LogP contribution in [-0.2, 0) is 6.54 Å². The largest absolute Gasteiger partial charge is 0.326 e. The van der Waals surface area contributed by atoms with Gasteiger partial charge in [0.1, 0.15) is 0 Å². The predicted molar refractivity (Wildman–Crippen MR) is 87.6 cm³/mol. The van der Waals surface area contributed by atoms with Crippen LogP contribution in [0.5, 0.6) is 0 Å². The Kier molecular flexibility index (Phi) is 4.95. The number of rotatable bonds is 4. The lowest BCUT2D eigenvalue weighted by Gasteiger charge is -2.23. The van der Waals surface area contributed by atoms with Crippen molar-refractivity contribution in [1.29, 1.82) is 0 Å². The molecule has 2 aromatic rings. The minimum absolute atomic E-state index is 0.132. The molecule has 0 saturated heterocycles. The van der Waals surface area contributed by atoms with Crippen LogP contribution in [0.3, 0.4) is 0 Å². The molecule has 0 spiro atoms. The normalized spacial score (nSPS) is 10.2. The molecular weight excluding hydrogens is 262 g/mol. The van der Waals surface area contributed by atoms with Crippen LogP contribution in [0.4, 0.5) is 16.2 Å². The number of carbonyl (C=O) groups is 1. The number of nitrogens with one attached hydrogen (secondary N) is 1. The van der Waals surface area contributed by atoms with Gasteiger partial charge >= 0.3 is 6.03 Å². The Bertz CT molecular complexity index is 608. The zero-order chi connectivity index (χ0) is 15.2. The molecule has 4 nitrogen and oxygen atoms in total. The lowest BCUT2D eigenvalue weighted by atomic mass is 10.2. The fourth-order valence-corrected chi connectivity index (χ4v) is 2.20. The number of anilines is 2. The van der Waals surface area contributed by atoms with E-state index in [0.717, 1.165) is 22.5 Å². The summed E-state index contributed by atoms with van der Waals surface area (Å²) < 4.78 is 0. The van der Waals surface area contributed by atoms with Crippen LogP contribution < -0.4 is 16.0 Å². The van der Waals surface area contributed by atoms with Gasteiger partial charge in [0.15, 0.2) is 0 Å². The number of amides is 2. The average Bonchev–Trinajstić information content (AvgIpc) is 2.50. The van der Waals surface area contributed by atoms with E-state index in [-0.39, 0.29) is 6.03 Å². The van der Waals surface area contributed by atoms with Crippen LogP contribution in [0, 0.1) is 6.92 Å². The van der Waals surface area contributed by atoms with Crippen LogP contribution in [0.2, 0.25) is 0 Å². The Morgan fingerprint density at radius 3 is 2.38 bits per heavy atom. The summed E-state index contributed by atoms with van der Waals surface area (Å²) in [4.78, 5) is 14.2. The van der Waals surface area contributed by atoms with E-state index in [2.05, 4.69) is 5.32 Å². The maximum absolute atomic E-state index is 12.4. The number of nitrogens with two attached hydrogens (primary N) is 1. The van der Waals surface area contributed by atoms with Crippen molar-refractivity contribution in [3.63, 3.8) is 0 Å². The highest BCUT2D eigenvalue weighted by molar-refractivity contribution is 6.02. The van der Waals surface area contributed by atoms with E-state index < -0.39 is 0 Å². The highest BCUT2D eigenvalue weighted by Gasteiger charge is 2.15. The molecule has 4 heteroatoms. The second-order valence-electron chi connectivity index (χ2n) is 4.86. The first-order valence-electron chi connectivity index (χ1n) is 7.09. The SMILES string of the molecule is CCN(C(=O)Nc1ccc(CN)cc1)c1ccccc1C. The predicted octanol–water partition coefficient (Wildman–Crippen LogP) is 3.51. The monoisotopic (exact) mass is 283 g/mol. The smallest absolute Gasteiger partial charge is 0.326 e. The topological polar surface area (TPSA) is 58.4 Å². The summed E-state index contributed by atoms with van der Waals surface area (Å²) in [5.41, 5.74) is 9.38. The molecule has 110 valence electrons. The highest BCUT2D eigenvalue weighted by atomic mass is 16.2. The van der Waals surface area contributed by atoms with E-state index in [1.165, 1.54) is 0 Å². The number of carbonyl (C=O) groups excluding carboxylic acids is 1. The van der Waals surface area contributed by atoms with Crippen LogP contribution in [0.1, 0.15) is 18.1 Å². The molecule has 0 saturated carbocycles. The molecule has 0 heterocycles. The van der Waals surface area contributed by atoms with Gasteiger partial charge in [0, 0.05) is 24.5 Å². The van der Waals surface area contributed by atoms with E-state index in [1.54, 1.807) is 4.90 Å². The van der Waals surface area contributed by atoms with Gasteiger partial charge in [-0.05, 0) is 43.2 Å². The number of nitrogens with zero attached hydrogens (tertiary/aromatic N) is 1. The summed E-state index contributed by atoms with van der Waals surface area (Å²) in [5, 5.41) is 2.92. The molecular formula is C17H21N3O. The zero-order valence-corrected chi connectivity index (χ0v) is 12.5. The van der Waals surface area contributed by atoms with Crippen molar-refractivity contribution >= 4 is 17.4 Å². The van der Waals surface area contributed by atoms with Gasteiger partial charge in [-0.3, -0.25) is 4.90 Å². The summed E-state index contributed by atoms with van der Waals surface area (Å²) in [6.45, 7) is 5.07. The molecule has 3 N–H and O–H groups in total. The molecule has 0 atom stereocenters. The maximum Gasteiger partial charge on any atom is 0.326 e. The molecule has 0 aliphatic heterocycles. The lowest BCUT2D eigenvalue weighted by Crippen LogP contribution is -2.35. The molecule has 0 unspecified atom stereocenters. The fraction of sp³-hybridized carbons (Fsp3) is 0.235. The molecule has 2 amide bonds. The first kappa shape index (κ1) is 15.1. The summed E-state index contributed by atoms with van der Waals surface area (Å²) >= 11 is 0. The summed E-state index contributed by atoms with van der Waals surface area (Å²) in [6.07, 6.45) is 0. The van der Waals surface area contributed by atoms with Gasteiger partial charge in [-0.2, -0.15) is 0 Å². The lowest BCUT2D eigenvalue weighted by molar-refractivity contribution is 0.257. The Hall–Kier alpha value is -2.33. The third-order valence-electron chi connectivity index (χ3n) is 3.41. The molecule has 0 aliphatic rings. The van der Waals surface area contributed by atoms with Crippen LogP contribution in [0.15, 0.2) is 48.5 Å². The Morgan fingerprint density at radius 2 is 1.81 bits per heavy atom. The molecule has 2 aromatic carbocycles. The first-order chi connectivity index (χ1) is 10.2.